The average Bonchev–Trinajstić information content (AvgIpc) is 3.49. The van der Waals surface area contributed by atoms with Gasteiger partial charge < -0.3 is 10.2 Å². The molecule has 2 atom stereocenters. The maximum absolute atomic E-state index is 13.2. The summed E-state index contributed by atoms with van der Waals surface area (Å²) in [6.45, 7) is 0.832. The van der Waals surface area contributed by atoms with Gasteiger partial charge in [-0.1, -0.05) is 48.5 Å². The first-order chi connectivity index (χ1) is 14.3. The molecule has 4 rings (SSSR count). The van der Waals surface area contributed by atoms with Crippen molar-refractivity contribution in [3.8, 4) is 0 Å². The van der Waals surface area contributed by atoms with Crippen LogP contribution in [-0.2, 0) is 22.3 Å². The Morgan fingerprint density at radius 1 is 1.00 bits per heavy atom. The fourth-order valence-electron chi connectivity index (χ4n) is 4.04. The van der Waals surface area contributed by atoms with Crippen LogP contribution in [0.5, 0.6) is 0 Å². The molecule has 2 aromatic rings. The number of nitrogens with zero attached hydrogens (tertiary/aromatic N) is 1. The normalized spacial score (nSPS) is 21.5. The molecule has 1 N–H and O–H groups in total. The maximum atomic E-state index is 13.2. The van der Waals surface area contributed by atoms with E-state index in [1.807, 2.05) is 30.3 Å². The fraction of sp³-hybridized carbons (Fsp3) is 0.391. The molecule has 0 radical (unpaired) electrons. The van der Waals surface area contributed by atoms with Crippen molar-refractivity contribution in [2.24, 2.45) is 11.8 Å². The van der Waals surface area contributed by atoms with Crippen molar-refractivity contribution in [3.05, 3.63) is 71.3 Å². The Hall–Kier alpha value is -2.83. The molecule has 1 saturated carbocycles. The SMILES string of the molecule is O=C(NCc1ccccc1)C1CN(C(=O)C2CC2)CC1c1cccc(C(F)(F)F)c1. The topological polar surface area (TPSA) is 49.4 Å². The monoisotopic (exact) mass is 416 g/mol. The van der Waals surface area contributed by atoms with Crippen molar-refractivity contribution in [2.45, 2.75) is 31.5 Å². The number of carbonyl (C=O) groups excluding carboxylic acids is 2. The van der Waals surface area contributed by atoms with Gasteiger partial charge in [0.05, 0.1) is 11.5 Å². The summed E-state index contributed by atoms with van der Waals surface area (Å²) >= 11 is 0. The van der Waals surface area contributed by atoms with Gasteiger partial charge in [0, 0.05) is 31.5 Å². The number of nitrogens with one attached hydrogen (secondary N) is 1. The van der Waals surface area contributed by atoms with E-state index in [4.69, 9.17) is 0 Å². The van der Waals surface area contributed by atoms with E-state index in [0.717, 1.165) is 30.5 Å². The second kappa shape index (κ2) is 8.13. The first-order valence-corrected chi connectivity index (χ1v) is 10.1. The number of likely N-dealkylation sites (tertiary alicyclic amines) is 1. The third kappa shape index (κ3) is 4.50. The quantitative estimate of drug-likeness (QED) is 0.802. The third-order valence-electron chi connectivity index (χ3n) is 5.85. The first-order valence-electron chi connectivity index (χ1n) is 10.1. The predicted octanol–water partition coefficient (Wildman–Crippen LogP) is 3.97. The molecule has 1 aliphatic heterocycles. The Labute approximate surface area is 173 Å². The van der Waals surface area contributed by atoms with E-state index in [1.165, 1.54) is 6.07 Å². The Kier molecular flexibility index (Phi) is 5.54. The molecule has 4 nitrogen and oxygen atoms in total. The lowest BCUT2D eigenvalue weighted by atomic mass is 9.87. The summed E-state index contributed by atoms with van der Waals surface area (Å²) < 4.78 is 39.6. The highest BCUT2D eigenvalue weighted by Crippen LogP contribution is 2.39. The second-order valence-electron chi connectivity index (χ2n) is 8.06. The van der Waals surface area contributed by atoms with Crippen LogP contribution in [0, 0.1) is 11.8 Å². The van der Waals surface area contributed by atoms with E-state index < -0.39 is 23.6 Å². The lowest BCUT2D eigenvalue weighted by molar-refractivity contribution is -0.137. The van der Waals surface area contributed by atoms with Gasteiger partial charge in [-0.05, 0) is 30.0 Å². The van der Waals surface area contributed by atoms with Gasteiger partial charge >= 0.3 is 6.18 Å². The first kappa shape index (κ1) is 20.4. The number of alkyl halides is 3. The summed E-state index contributed by atoms with van der Waals surface area (Å²) in [5.41, 5.74) is 0.636. The average molecular weight is 416 g/mol. The molecule has 2 amide bonds. The van der Waals surface area contributed by atoms with Gasteiger partial charge in [-0.3, -0.25) is 9.59 Å². The Morgan fingerprint density at radius 2 is 1.73 bits per heavy atom. The summed E-state index contributed by atoms with van der Waals surface area (Å²) in [5.74, 6) is -1.29. The van der Waals surface area contributed by atoms with Crippen molar-refractivity contribution in [2.75, 3.05) is 13.1 Å². The van der Waals surface area contributed by atoms with Crippen LogP contribution in [0.3, 0.4) is 0 Å². The number of amides is 2. The molecule has 2 aromatic carbocycles. The molecule has 1 aliphatic carbocycles. The molecule has 7 heteroatoms. The molecule has 1 saturated heterocycles. The van der Waals surface area contributed by atoms with E-state index in [-0.39, 0.29) is 30.8 Å². The van der Waals surface area contributed by atoms with Crippen molar-refractivity contribution in [1.82, 2.24) is 10.2 Å². The molecular formula is C23H23F3N2O2. The number of hydrogen-bond donors (Lipinski definition) is 1. The van der Waals surface area contributed by atoms with Crippen LogP contribution in [0.15, 0.2) is 54.6 Å². The summed E-state index contributed by atoms with van der Waals surface area (Å²) in [7, 11) is 0. The Morgan fingerprint density at radius 3 is 2.40 bits per heavy atom. The molecule has 0 aromatic heterocycles. The largest absolute Gasteiger partial charge is 0.416 e. The van der Waals surface area contributed by atoms with Gasteiger partial charge in [-0.15, -0.1) is 0 Å². The molecule has 2 unspecified atom stereocenters. The zero-order valence-electron chi connectivity index (χ0n) is 16.4. The summed E-state index contributed by atoms with van der Waals surface area (Å²) in [5, 5.41) is 2.89. The molecule has 2 aliphatic rings. The Balaban J connectivity index is 1.55. The molecule has 1 heterocycles. The zero-order valence-corrected chi connectivity index (χ0v) is 16.4. The minimum Gasteiger partial charge on any atom is -0.352 e. The number of rotatable bonds is 5. The summed E-state index contributed by atoms with van der Waals surface area (Å²) in [4.78, 5) is 27.2. The number of hydrogen-bond acceptors (Lipinski definition) is 2. The van der Waals surface area contributed by atoms with Gasteiger partial charge in [0.15, 0.2) is 0 Å². The van der Waals surface area contributed by atoms with Gasteiger partial charge in [-0.2, -0.15) is 13.2 Å². The minimum absolute atomic E-state index is 0.00158. The van der Waals surface area contributed by atoms with Gasteiger partial charge in [-0.25, -0.2) is 0 Å². The van der Waals surface area contributed by atoms with E-state index in [2.05, 4.69) is 5.32 Å². The highest BCUT2D eigenvalue weighted by atomic mass is 19.4. The van der Waals surface area contributed by atoms with Crippen LogP contribution in [0.25, 0.3) is 0 Å². The Bertz CT molecular complexity index is 926. The lowest BCUT2D eigenvalue weighted by Gasteiger charge is -2.19. The van der Waals surface area contributed by atoms with Gasteiger partial charge in [0.25, 0.3) is 0 Å². The summed E-state index contributed by atoms with van der Waals surface area (Å²) in [6, 6.07) is 14.5. The van der Waals surface area contributed by atoms with Gasteiger partial charge in [0.1, 0.15) is 0 Å². The highest BCUT2D eigenvalue weighted by Gasteiger charge is 2.44. The standard InChI is InChI=1S/C23H23F3N2O2/c24-23(25,26)18-8-4-7-17(11-18)19-13-28(22(30)16-9-10-16)14-20(19)21(29)27-12-15-5-2-1-3-6-15/h1-8,11,16,19-20H,9-10,12-14H2,(H,27,29). The van der Waals surface area contributed by atoms with Crippen LogP contribution >= 0.6 is 0 Å². The highest BCUT2D eigenvalue weighted by molar-refractivity contribution is 5.85. The van der Waals surface area contributed by atoms with Crippen LogP contribution in [0.2, 0.25) is 0 Å². The molecule has 30 heavy (non-hydrogen) atoms. The number of halogens is 3. The number of benzene rings is 2. The second-order valence-corrected chi connectivity index (χ2v) is 8.06. The van der Waals surface area contributed by atoms with Crippen molar-refractivity contribution in [1.29, 1.82) is 0 Å². The molecular weight excluding hydrogens is 393 g/mol. The van der Waals surface area contributed by atoms with E-state index in [1.54, 1.807) is 11.0 Å². The van der Waals surface area contributed by atoms with Crippen LogP contribution in [0.4, 0.5) is 13.2 Å². The lowest BCUT2D eigenvalue weighted by Crippen LogP contribution is -2.35. The molecule has 158 valence electrons. The van der Waals surface area contributed by atoms with Crippen molar-refractivity contribution >= 4 is 11.8 Å². The molecule has 2 fully saturated rings. The predicted molar refractivity (Wildman–Crippen MR) is 105 cm³/mol. The fourth-order valence-corrected chi connectivity index (χ4v) is 4.04. The van der Waals surface area contributed by atoms with Crippen molar-refractivity contribution in [3.63, 3.8) is 0 Å². The zero-order chi connectivity index (χ0) is 21.3. The van der Waals surface area contributed by atoms with E-state index >= 15 is 0 Å². The van der Waals surface area contributed by atoms with Crippen LogP contribution in [-0.4, -0.2) is 29.8 Å². The smallest absolute Gasteiger partial charge is 0.352 e. The molecule has 0 bridgehead atoms. The number of carbonyl (C=O) groups is 2. The maximum Gasteiger partial charge on any atom is 0.416 e. The van der Waals surface area contributed by atoms with Gasteiger partial charge in [0.2, 0.25) is 11.8 Å². The van der Waals surface area contributed by atoms with Crippen LogP contribution < -0.4 is 5.32 Å². The van der Waals surface area contributed by atoms with Crippen molar-refractivity contribution < 1.29 is 22.8 Å². The molecule has 0 spiro atoms. The van der Waals surface area contributed by atoms with E-state index in [9.17, 15) is 22.8 Å². The minimum atomic E-state index is -4.46. The third-order valence-corrected chi connectivity index (χ3v) is 5.85. The van der Waals surface area contributed by atoms with Crippen LogP contribution in [0.1, 0.15) is 35.4 Å². The summed E-state index contributed by atoms with van der Waals surface area (Å²) in [6.07, 6.45) is -2.77. The van der Waals surface area contributed by atoms with E-state index in [0.29, 0.717) is 12.1 Å².